The summed E-state index contributed by atoms with van der Waals surface area (Å²) in [5, 5.41) is 3.47. The lowest BCUT2D eigenvalue weighted by atomic mass is 9.83. The number of piperidine rings is 1. The van der Waals surface area contributed by atoms with Crippen LogP contribution in [0.25, 0.3) is 0 Å². The average molecular weight is 582 g/mol. The molecule has 4 heterocycles. The molecule has 224 valence electrons. The molecule has 1 saturated heterocycles. The zero-order valence-electron chi connectivity index (χ0n) is 24.6. The van der Waals surface area contributed by atoms with Crippen molar-refractivity contribution in [3.63, 3.8) is 0 Å². The summed E-state index contributed by atoms with van der Waals surface area (Å²) in [7, 11) is 3.50. The monoisotopic (exact) mass is 581 g/mol. The van der Waals surface area contributed by atoms with Crippen LogP contribution in [-0.2, 0) is 29.2 Å². The third-order valence-corrected chi connectivity index (χ3v) is 8.17. The van der Waals surface area contributed by atoms with E-state index >= 15 is 0 Å². The number of pyridine rings is 1. The Labute approximate surface area is 245 Å². The van der Waals surface area contributed by atoms with E-state index in [0.717, 1.165) is 54.5 Å². The largest absolute Gasteiger partial charge is 0.419 e. The van der Waals surface area contributed by atoms with Crippen LogP contribution < -0.4 is 15.1 Å². The van der Waals surface area contributed by atoms with Crippen molar-refractivity contribution in [3.8, 4) is 0 Å². The SMILES string of the molecule is CN(C)C(=O)C(C)(C)c1ccc(Nc2nc(N3CCCCC3)nc3c2CCN(c2ncccc2C(F)(F)F)CC3)cc1. The molecular formula is C31H38F3N7O. The molecular weight excluding hydrogens is 543 g/mol. The van der Waals surface area contributed by atoms with Crippen LogP contribution in [-0.4, -0.2) is 66.0 Å². The molecule has 0 atom stereocenters. The number of benzene rings is 1. The Balaban J connectivity index is 1.46. The molecule has 42 heavy (non-hydrogen) atoms. The lowest BCUT2D eigenvalue weighted by molar-refractivity contribution is -0.137. The van der Waals surface area contributed by atoms with Gasteiger partial charge < -0.3 is 20.0 Å². The van der Waals surface area contributed by atoms with E-state index < -0.39 is 17.2 Å². The Bertz CT molecular complexity index is 1420. The number of carbonyl (C=O) groups is 1. The molecule has 0 aliphatic carbocycles. The van der Waals surface area contributed by atoms with Gasteiger partial charge >= 0.3 is 6.18 Å². The van der Waals surface area contributed by atoms with Crippen molar-refractivity contribution in [3.05, 3.63) is 65.0 Å². The highest BCUT2D eigenvalue weighted by Gasteiger charge is 2.36. The number of nitrogens with one attached hydrogen (secondary N) is 1. The number of anilines is 4. The summed E-state index contributed by atoms with van der Waals surface area (Å²) in [6, 6.07) is 10.1. The lowest BCUT2D eigenvalue weighted by Crippen LogP contribution is -2.39. The number of carbonyl (C=O) groups excluding carboxylic acids is 1. The van der Waals surface area contributed by atoms with Gasteiger partial charge in [-0.15, -0.1) is 0 Å². The maximum atomic E-state index is 13.8. The molecule has 1 aromatic carbocycles. The maximum absolute atomic E-state index is 13.8. The number of nitrogens with zero attached hydrogens (tertiary/aromatic N) is 6. The van der Waals surface area contributed by atoms with Gasteiger partial charge in [0.05, 0.1) is 16.7 Å². The first kappa shape index (κ1) is 29.6. The quantitative estimate of drug-likeness (QED) is 0.406. The summed E-state index contributed by atoms with van der Waals surface area (Å²) < 4.78 is 41.4. The first-order valence-corrected chi connectivity index (χ1v) is 14.5. The number of alkyl halides is 3. The minimum absolute atomic E-state index is 0.0154. The Morgan fingerprint density at radius 1 is 0.905 bits per heavy atom. The fraction of sp³-hybridized carbons (Fsp3) is 0.484. The summed E-state index contributed by atoms with van der Waals surface area (Å²) in [5.74, 6) is 1.27. The van der Waals surface area contributed by atoms with Crippen molar-refractivity contribution in [2.75, 3.05) is 55.4 Å². The van der Waals surface area contributed by atoms with Crippen LogP contribution in [0.2, 0.25) is 0 Å². The van der Waals surface area contributed by atoms with Crippen LogP contribution in [0.4, 0.5) is 36.4 Å². The molecule has 3 aromatic rings. The van der Waals surface area contributed by atoms with E-state index in [-0.39, 0.29) is 11.7 Å². The molecule has 1 fully saturated rings. The second-order valence-electron chi connectivity index (χ2n) is 11.7. The molecule has 0 bridgehead atoms. The Morgan fingerprint density at radius 2 is 1.60 bits per heavy atom. The summed E-state index contributed by atoms with van der Waals surface area (Å²) in [5.41, 5.74) is 2.03. The molecule has 2 aliphatic heterocycles. The molecule has 1 amide bonds. The van der Waals surface area contributed by atoms with Crippen LogP contribution in [0.3, 0.4) is 0 Å². The Kier molecular flexibility index (Phi) is 8.30. The highest BCUT2D eigenvalue weighted by atomic mass is 19.4. The standard InChI is InChI=1S/C31H38F3N7O/c1-30(2,28(42)39(3)4)21-10-12-22(13-11-21)36-26-23-14-19-40(27-24(31(32,33)34)9-8-16-35-27)20-15-25(23)37-29(38-26)41-17-6-5-7-18-41/h8-13,16H,5-7,14-15,17-20H2,1-4H3,(H,36,37,38). The van der Waals surface area contributed by atoms with Crippen molar-refractivity contribution < 1.29 is 18.0 Å². The van der Waals surface area contributed by atoms with Crippen molar-refractivity contribution in [1.29, 1.82) is 0 Å². The predicted molar refractivity (Wildman–Crippen MR) is 158 cm³/mol. The fourth-order valence-electron chi connectivity index (χ4n) is 5.80. The highest BCUT2D eigenvalue weighted by Crippen LogP contribution is 2.37. The van der Waals surface area contributed by atoms with Crippen LogP contribution in [0.5, 0.6) is 0 Å². The van der Waals surface area contributed by atoms with Gasteiger partial charge in [-0.2, -0.15) is 18.2 Å². The van der Waals surface area contributed by atoms with E-state index in [1.165, 1.54) is 18.7 Å². The van der Waals surface area contributed by atoms with Gasteiger partial charge in [0.25, 0.3) is 0 Å². The van der Waals surface area contributed by atoms with E-state index in [0.29, 0.717) is 37.7 Å². The molecule has 1 N–H and O–H groups in total. The molecule has 2 aromatic heterocycles. The smallest absolute Gasteiger partial charge is 0.355 e. The van der Waals surface area contributed by atoms with E-state index in [1.54, 1.807) is 23.9 Å². The zero-order valence-corrected chi connectivity index (χ0v) is 24.6. The second-order valence-corrected chi connectivity index (χ2v) is 11.7. The number of rotatable bonds is 6. The van der Waals surface area contributed by atoms with E-state index in [2.05, 4.69) is 15.2 Å². The molecule has 0 unspecified atom stereocenters. The van der Waals surface area contributed by atoms with E-state index in [4.69, 9.17) is 9.97 Å². The van der Waals surface area contributed by atoms with E-state index in [1.807, 2.05) is 38.1 Å². The number of hydrogen-bond donors (Lipinski definition) is 1. The third-order valence-electron chi connectivity index (χ3n) is 8.17. The number of amides is 1. The van der Waals surface area contributed by atoms with Crippen LogP contribution in [0.15, 0.2) is 42.6 Å². The predicted octanol–water partition coefficient (Wildman–Crippen LogP) is 5.60. The van der Waals surface area contributed by atoms with Gasteiger partial charge in [-0.3, -0.25) is 4.79 Å². The van der Waals surface area contributed by atoms with Crippen molar-refractivity contribution in [1.82, 2.24) is 19.9 Å². The van der Waals surface area contributed by atoms with Gasteiger partial charge in [-0.25, -0.2) is 9.97 Å². The lowest BCUT2D eigenvalue weighted by Gasteiger charge is -2.28. The normalized spacial score (nSPS) is 16.1. The average Bonchev–Trinajstić information content (AvgIpc) is 3.20. The summed E-state index contributed by atoms with van der Waals surface area (Å²) >= 11 is 0. The minimum atomic E-state index is -4.49. The number of likely N-dealkylation sites (N-methyl/N-ethyl adjacent to an activating group) is 1. The number of hydrogen-bond acceptors (Lipinski definition) is 7. The van der Waals surface area contributed by atoms with Gasteiger partial charge in [0.1, 0.15) is 11.6 Å². The van der Waals surface area contributed by atoms with Crippen LogP contribution >= 0.6 is 0 Å². The molecule has 5 rings (SSSR count). The molecule has 2 aliphatic rings. The summed E-state index contributed by atoms with van der Waals surface area (Å²) in [4.78, 5) is 32.3. The Morgan fingerprint density at radius 3 is 2.26 bits per heavy atom. The molecule has 8 nitrogen and oxygen atoms in total. The third kappa shape index (κ3) is 6.15. The van der Waals surface area contributed by atoms with Gasteiger partial charge in [0.2, 0.25) is 11.9 Å². The molecule has 0 spiro atoms. The van der Waals surface area contributed by atoms with Gasteiger partial charge in [-0.1, -0.05) is 12.1 Å². The molecule has 0 radical (unpaired) electrons. The number of halogens is 3. The topological polar surface area (TPSA) is 77.5 Å². The number of fused-ring (bicyclic) bond motifs is 1. The maximum Gasteiger partial charge on any atom is 0.419 e. The Hall–Kier alpha value is -3.89. The van der Waals surface area contributed by atoms with Crippen molar-refractivity contribution >= 4 is 29.2 Å². The van der Waals surface area contributed by atoms with Gasteiger partial charge in [0.15, 0.2) is 0 Å². The summed E-state index contributed by atoms with van der Waals surface area (Å²) in [6.45, 7) is 6.28. The minimum Gasteiger partial charge on any atom is -0.355 e. The first-order valence-electron chi connectivity index (χ1n) is 14.5. The first-order chi connectivity index (χ1) is 19.9. The van der Waals surface area contributed by atoms with Crippen LogP contribution in [0.1, 0.15) is 55.5 Å². The summed E-state index contributed by atoms with van der Waals surface area (Å²) in [6.07, 6.45) is 1.16. The number of aromatic nitrogens is 3. The molecule has 11 heteroatoms. The fourth-order valence-corrected chi connectivity index (χ4v) is 5.80. The van der Waals surface area contributed by atoms with Crippen LogP contribution in [0, 0.1) is 0 Å². The molecule has 0 saturated carbocycles. The van der Waals surface area contributed by atoms with Gasteiger partial charge in [0, 0.05) is 64.1 Å². The van der Waals surface area contributed by atoms with E-state index in [9.17, 15) is 18.0 Å². The second kappa shape index (κ2) is 11.8. The van der Waals surface area contributed by atoms with Gasteiger partial charge in [-0.05, 0) is 69.4 Å². The highest BCUT2D eigenvalue weighted by molar-refractivity contribution is 5.87. The van der Waals surface area contributed by atoms with Crippen molar-refractivity contribution in [2.24, 2.45) is 0 Å². The van der Waals surface area contributed by atoms with Crippen molar-refractivity contribution in [2.45, 2.75) is 57.5 Å². The zero-order chi connectivity index (χ0) is 30.1.